The topological polar surface area (TPSA) is 0 Å². The standard InChI is InChI=1S/C18H28/c1-2-4-6-9-13-17(14-10-7-5-3-1)18-15-11-8-12-16-18/h2,4,6,9,13,18H,1,3,5,7-8,10-12,14-16H2/b4-2?,9-6?,17-13-. The van der Waals surface area contributed by atoms with E-state index in [0.29, 0.717) is 0 Å². The fraction of sp³-hybridized carbons (Fsp3) is 0.667. The summed E-state index contributed by atoms with van der Waals surface area (Å²) in [5.74, 6) is 0.898. The Morgan fingerprint density at radius 2 is 1.50 bits per heavy atom. The van der Waals surface area contributed by atoms with Crippen molar-refractivity contribution in [2.24, 2.45) is 5.92 Å². The first-order valence-corrected chi connectivity index (χ1v) is 7.99. The molecule has 1 fully saturated rings. The predicted octanol–water partition coefficient (Wildman–Crippen LogP) is 5.96. The Hall–Kier alpha value is -0.780. The highest BCUT2D eigenvalue weighted by Gasteiger charge is 2.16. The quantitative estimate of drug-likeness (QED) is 0.534. The second-order valence-corrected chi connectivity index (χ2v) is 5.84. The third-order valence-corrected chi connectivity index (χ3v) is 4.38. The van der Waals surface area contributed by atoms with Crippen LogP contribution in [0.2, 0.25) is 0 Å². The summed E-state index contributed by atoms with van der Waals surface area (Å²) in [6.07, 6.45) is 26.9. The van der Waals surface area contributed by atoms with Gasteiger partial charge in [0.2, 0.25) is 0 Å². The van der Waals surface area contributed by atoms with E-state index in [1.165, 1.54) is 70.6 Å². The average molecular weight is 244 g/mol. The Kier molecular flexibility index (Phi) is 6.33. The highest BCUT2D eigenvalue weighted by molar-refractivity contribution is 5.19. The van der Waals surface area contributed by atoms with Gasteiger partial charge in [-0.1, -0.05) is 68.1 Å². The summed E-state index contributed by atoms with van der Waals surface area (Å²) in [6, 6.07) is 0. The molecular formula is C18H28. The molecule has 2 rings (SSSR count). The molecule has 0 aliphatic heterocycles. The molecule has 0 nitrogen and oxygen atoms in total. The van der Waals surface area contributed by atoms with E-state index in [4.69, 9.17) is 0 Å². The van der Waals surface area contributed by atoms with Gasteiger partial charge in [0.25, 0.3) is 0 Å². The first-order valence-electron chi connectivity index (χ1n) is 7.99. The highest BCUT2D eigenvalue weighted by atomic mass is 14.2. The summed E-state index contributed by atoms with van der Waals surface area (Å²) in [6.45, 7) is 0. The van der Waals surface area contributed by atoms with E-state index in [2.05, 4.69) is 30.4 Å². The second kappa shape index (κ2) is 8.34. The molecule has 0 spiro atoms. The van der Waals surface area contributed by atoms with E-state index in [1.54, 1.807) is 5.57 Å². The maximum atomic E-state index is 2.42. The predicted molar refractivity (Wildman–Crippen MR) is 80.6 cm³/mol. The minimum Gasteiger partial charge on any atom is -0.0845 e. The molecule has 0 heteroatoms. The van der Waals surface area contributed by atoms with Crippen molar-refractivity contribution in [3.8, 4) is 0 Å². The van der Waals surface area contributed by atoms with Gasteiger partial charge in [-0.15, -0.1) is 0 Å². The van der Waals surface area contributed by atoms with Crippen LogP contribution in [0.25, 0.3) is 0 Å². The van der Waals surface area contributed by atoms with E-state index in [-0.39, 0.29) is 0 Å². The van der Waals surface area contributed by atoms with Crippen molar-refractivity contribution in [1.29, 1.82) is 0 Å². The zero-order valence-corrected chi connectivity index (χ0v) is 11.7. The Balaban J connectivity index is 1.98. The molecular weight excluding hydrogens is 216 g/mol. The van der Waals surface area contributed by atoms with E-state index in [0.717, 1.165) is 5.92 Å². The monoisotopic (exact) mass is 244 g/mol. The summed E-state index contributed by atoms with van der Waals surface area (Å²) in [4.78, 5) is 0. The molecule has 0 unspecified atom stereocenters. The third kappa shape index (κ3) is 4.84. The van der Waals surface area contributed by atoms with Crippen molar-refractivity contribution in [2.45, 2.75) is 70.6 Å². The number of rotatable bonds is 1. The van der Waals surface area contributed by atoms with Gasteiger partial charge in [-0.2, -0.15) is 0 Å². The third-order valence-electron chi connectivity index (χ3n) is 4.38. The SMILES string of the molecule is C1=C/C=C(\C2CCCCC2)CCCCCCC=C1. The first kappa shape index (κ1) is 13.6. The minimum atomic E-state index is 0.898. The highest BCUT2D eigenvalue weighted by Crippen LogP contribution is 2.32. The largest absolute Gasteiger partial charge is 0.0845 e. The van der Waals surface area contributed by atoms with Crippen LogP contribution in [0.4, 0.5) is 0 Å². The lowest BCUT2D eigenvalue weighted by atomic mass is 9.81. The van der Waals surface area contributed by atoms with Crippen LogP contribution in [0, 0.1) is 5.92 Å². The summed E-state index contributed by atoms with van der Waals surface area (Å²) >= 11 is 0. The molecule has 0 radical (unpaired) electrons. The normalized spacial score (nSPS) is 27.0. The molecule has 0 heterocycles. The van der Waals surface area contributed by atoms with Gasteiger partial charge in [-0.25, -0.2) is 0 Å². The fourth-order valence-electron chi connectivity index (χ4n) is 3.26. The Morgan fingerprint density at radius 3 is 2.39 bits per heavy atom. The Bertz CT molecular complexity index is 300. The van der Waals surface area contributed by atoms with E-state index in [9.17, 15) is 0 Å². The molecule has 100 valence electrons. The van der Waals surface area contributed by atoms with Gasteiger partial charge in [-0.05, 0) is 44.4 Å². The van der Waals surface area contributed by atoms with Gasteiger partial charge in [0.05, 0.1) is 0 Å². The van der Waals surface area contributed by atoms with Crippen LogP contribution in [0.5, 0.6) is 0 Å². The lowest BCUT2D eigenvalue weighted by molar-refractivity contribution is 0.392. The summed E-state index contributed by atoms with van der Waals surface area (Å²) < 4.78 is 0. The molecule has 0 N–H and O–H groups in total. The molecule has 0 aromatic carbocycles. The summed E-state index contributed by atoms with van der Waals surface area (Å²) in [5.41, 5.74) is 1.74. The molecule has 1 saturated carbocycles. The number of allylic oxidation sites excluding steroid dienone is 6. The van der Waals surface area contributed by atoms with Crippen LogP contribution < -0.4 is 0 Å². The van der Waals surface area contributed by atoms with Gasteiger partial charge in [0.15, 0.2) is 0 Å². The molecule has 0 amide bonds. The van der Waals surface area contributed by atoms with Gasteiger partial charge in [-0.3, -0.25) is 0 Å². The van der Waals surface area contributed by atoms with Crippen molar-refractivity contribution in [3.05, 3.63) is 36.0 Å². The van der Waals surface area contributed by atoms with E-state index < -0.39 is 0 Å². The van der Waals surface area contributed by atoms with E-state index in [1.807, 2.05) is 0 Å². The average Bonchev–Trinajstić information content (AvgIpc) is 2.40. The fourth-order valence-corrected chi connectivity index (χ4v) is 3.26. The number of hydrogen-bond donors (Lipinski definition) is 0. The molecule has 0 aromatic heterocycles. The summed E-state index contributed by atoms with van der Waals surface area (Å²) in [5, 5.41) is 0. The lowest BCUT2D eigenvalue weighted by Gasteiger charge is -2.24. The summed E-state index contributed by atoms with van der Waals surface area (Å²) in [7, 11) is 0. The zero-order chi connectivity index (χ0) is 12.5. The van der Waals surface area contributed by atoms with Gasteiger partial charge < -0.3 is 0 Å². The Labute approximate surface area is 113 Å². The van der Waals surface area contributed by atoms with Crippen LogP contribution in [0.15, 0.2) is 36.0 Å². The van der Waals surface area contributed by atoms with Crippen LogP contribution in [-0.4, -0.2) is 0 Å². The maximum absolute atomic E-state index is 2.42. The van der Waals surface area contributed by atoms with Gasteiger partial charge >= 0.3 is 0 Å². The zero-order valence-electron chi connectivity index (χ0n) is 11.7. The number of hydrogen-bond acceptors (Lipinski definition) is 0. The van der Waals surface area contributed by atoms with Crippen LogP contribution in [0.1, 0.15) is 70.6 Å². The molecule has 0 atom stereocenters. The van der Waals surface area contributed by atoms with E-state index >= 15 is 0 Å². The molecule has 2 aliphatic carbocycles. The van der Waals surface area contributed by atoms with Crippen LogP contribution in [0.3, 0.4) is 0 Å². The molecule has 0 bridgehead atoms. The van der Waals surface area contributed by atoms with Crippen molar-refractivity contribution in [2.75, 3.05) is 0 Å². The van der Waals surface area contributed by atoms with Crippen LogP contribution >= 0.6 is 0 Å². The minimum absolute atomic E-state index is 0.898. The molecule has 0 aromatic rings. The van der Waals surface area contributed by atoms with Crippen molar-refractivity contribution >= 4 is 0 Å². The van der Waals surface area contributed by atoms with Crippen LogP contribution in [-0.2, 0) is 0 Å². The Morgan fingerprint density at radius 1 is 0.722 bits per heavy atom. The molecule has 0 saturated heterocycles. The lowest BCUT2D eigenvalue weighted by Crippen LogP contribution is -2.09. The first-order chi connectivity index (χ1) is 8.97. The van der Waals surface area contributed by atoms with Crippen molar-refractivity contribution in [1.82, 2.24) is 0 Å². The maximum Gasteiger partial charge on any atom is -0.0200 e. The van der Waals surface area contributed by atoms with Crippen molar-refractivity contribution < 1.29 is 0 Å². The van der Waals surface area contributed by atoms with Gasteiger partial charge in [0, 0.05) is 0 Å². The second-order valence-electron chi connectivity index (χ2n) is 5.84. The molecule has 2 aliphatic rings. The smallest absolute Gasteiger partial charge is 0.0200 e. The van der Waals surface area contributed by atoms with Crippen molar-refractivity contribution in [3.63, 3.8) is 0 Å². The molecule has 18 heavy (non-hydrogen) atoms. The van der Waals surface area contributed by atoms with Gasteiger partial charge in [0.1, 0.15) is 0 Å².